The summed E-state index contributed by atoms with van der Waals surface area (Å²) in [7, 11) is 1.59. The van der Waals surface area contributed by atoms with Crippen LogP contribution in [0.1, 0.15) is 29.9 Å². The Morgan fingerprint density at radius 2 is 1.87 bits per heavy atom. The lowest BCUT2D eigenvalue weighted by Gasteiger charge is -2.10. The van der Waals surface area contributed by atoms with E-state index < -0.39 is 5.97 Å². The number of methoxy groups -OCH3 is 1. The Morgan fingerprint density at radius 3 is 2.53 bits per heavy atom. The molecule has 1 amide bonds. The molecule has 1 heterocycles. The molecule has 3 aromatic rings. The third-order valence-electron chi connectivity index (χ3n) is 4.05. The molecule has 1 N–H and O–H groups in total. The molecule has 2 aromatic carbocycles. The third kappa shape index (κ3) is 5.36. The van der Waals surface area contributed by atoms with Crippen LogP contribution in [0.4, 0.5) is 5.69 Å². The number of hydrogen-bond donors (Lipinski definition) is 1. The molecule has 0 bridgehead atoms. The van der Waals surface area contributed by atoms with Crippen LogP contribution in [-0.4, -0.2) is 30.6 Å². The van der Waals surface area contributed by atoms with E-state index in [4.69, 9.17) is 14.2 Å². The summed E-state index contributed by atoms with van der Waals surface area (Å²) in [5.74, 6) is 0.690. The van der Waals surface area contributed by atoms with Gasteiger partial charge in [0.15, 0.2) is 11.5 Å². The van der Waals surface area contributed by atoms with Gasteiger partial charge < -0.3 is 19.5 Å². The molecule has 0 unspecified atom stereocenters. The molecule has 1 aromatic heterocycles. The molecule has 0 atom stereocenters. The number of carbonyl (C=O) groups is 2. The maximum absolute atomic E-state index is 12.2. The predicted molar refractivity (Wildman–Crippen MR) is 115 cm³/mol. The summed E-state index contributed by atoms with van der Waals surface area (Å²) in [5, 5.41) is 5.30. The first-order valence-electron chi connectivity index (χ1n) is 9.30. The minimum atomic E-state index is -0.457. The van der Waals surface area contributed by atoms with Crippen molar-refractivity contribution in [2.24, 2.45) is 0 Å². The van der Waals surface area contributed by atoms with E-state index >= 15 is 0 Å². The van der Waals surface area contributed by atoms with Gasteiger partial charge in [-0.15, -0.1) is 11.3 Å². The number of nitrogens with one attached hydrogen (secondary N) is 1. The summed E-state index contributed by atoms with van der Waals surface area (Å²) in [4.78, 5) is 27.8. The molecule has 30 heavy (non-hydrogen) atoms. The molecule has 0 saturated carbocycles. The molecule has 156 valence electrons. The van der Waals surface area contributed by atoms with Gasteiger partial charge in [0.2, 0.25) is 5.91 Å². The summed E-state index contributed by atoms with van der Waals surface area (Å²) in [5.41, 5.74) is 2.57. The molecule has 8 heteroatoms. The monoisotopic (exact) mass is 426 g/mol. The lowest BCUT2D eigenvalue weighted by molar-refractivity contribution is -0.114. The molecule has 0 aliphatic carbocycles. The van der Waals surface area contributed by atoms with Crippen molar-refractivity contribution in [3.8, 4) is 22.1 Å². The first-order chi connectivity index (χ1) is 14.5. The highest BCUT2D eigenvalue weighted by Gasteiger charge is 2.12. The first kappa shape index (κ1) is 21.3. The molecule has 0 aliphatic heterocycles. The fourth-order valence-electron chi connectivity index (χ4n) is 2.70. The molecule has 7 nitrogen and oxygen atoms in total. The lowest BCUT2D eigenvalue weighted by Crippen LogP contribution is -2.08. The van der Waals surface area contributed by atoms with Crippen molar-refractivity contribution in [3.63, 3.8) is 0 Å². The first-order valence-corrected chi connectivity index (χ1v) is 10.2. The number of benzene rings is 2. The second-order valence-electron chi connectivity index (χ2n) is 6.28. The van der Waals surface area contributed by atoms with E-state index in [2.05, 4.69) is 10.3 Å². The van der Waals surface area contributed by atoms with Gasteiger partial charge in [0, 0.05) is 23.6 Å². The van der Waals surface area contributed by atoms with E-state index in [0.29, 0.717) is 35.1 Å². The van der Waals surface area contributed by atoms with Crippen LogP contribution in [-0.2, 0) is 16.1 Å². The molecule has 0 aliphatic rings. The van der Waals surface area contributed by atoms with Crippen LogP contribution in [0, 0.1) is 0 Å². The number of thiazole rings is 1. The second-order valence-corrected chi connectivity index (χ2v) is 7.14. The van der Waals surface area contributed by atoms with E-state index in [1.54, 1.807) is 31.4 Å². The molecule has 0 saturated heterocycles. The van der Waals surface area contributed by atoms with Crippen molar-refractivity contribution >= 4 is 28.9 Å². The fourth-order valence-corrected chi connectivity index (χ4v) is 3.50. The SMILES string of the molecule is CCOc1ccc(-c2nc(COC(=O)c3ccc(NC(C)=O)cc3)cs2)cc1OC. The minimum absolute atomic E-state index is 0.0664. The van der Waals surface area contributed by atoms with Crippen LogP contribution in [0.15, 0.2) is 47.8 Å². The smallest absolute Gasteiger partial charge is 0.338 e. The molecule has 3 rings (SSSR count). The van der Waals surface area contributed by atoms with E-state index in [9.17, 15) is 9.59 Å². The van der Waals surface area contributed by atoms with Gasteiger partial charge in [0.25, 0.3) is 0 Å². The van der Waals surface area contributed by atoms with Gasteiger partial charge in [-0.3, -0.25) is 4.79 Å². The van der Waals surface area contributed by atoms with Crippen LogP contribution in [0.25, 0.3) is 10.6 Å². The summed E-state index contributed by atoms with van der Waals surface area (Å²) in [6.07, 6.45) is 0. The van der Waals surface area contributed by atoms with Crippen molar-refractivity contribution in [1.82, 2.24) is 4.98 Å². The average molecular weight is 426 g/mol. The largest absolute Gasteiger partial charge is 0.493 e. The Kier molecular flexibility index (Phi) is 7.03. The number of esters is 1. The maximum atomic E-state index is 12.2. The van der Waals surface area contributed by atoms with Crippen molar-refractivity contribution in [2.45, 2.75) is 20.5 Å². The van der Waals surface area contributed by atoms with E-state index in [1.165, 1.54) is 18.3 Å². The molecule has 0 spiro atoms. The van der Waals surface area contributed by atoms with E-state index in [1.807, 2.05) is 30.5 Å². The normalized spacial score (nSPS) is 10.4. The Balaban J connectivity index is 1.63. The van der Waals surface area contributed by atoms with Gasteiger partial charge >= 0.3 is 5.97 Å². The van der Waals surface area contributed by atoms with Gasteiger partial charge in [0.1, 0.15) is 11.6 Å². The Morgan fingerprint density at radius 1 is 1.10 bits per heavy atom. The van der Waals surface area contributed by atoms with Crippen LogP contribution < -0.4 is 14.8 Å². The number of nitrogens with zero attached hydrogens (tertiary/aromatic N) is 1. The van der Waals surface area contributed by atoms with E-state index in [-0.39, 0.29) is 12.5 Å². The topological polar surface area (TPSA) is 86.8 Å². The Bertz CT molecular complexity index is 1030. The number of hydrogen-bond acceptors (Lipinski definition) is 7. The molecular formula is C22H22N2O5S. The van der Waals surface area contributed by atoms with Crippen LogP contribution in [0.5, 0.6) is 11.5 Å². The summed E-state index contributed by atoms with van der Waals surface area (Å²) >= 11 is 1.46. The summed E-state index contributed by atoms with van der Waals surface area (Å²) < 4.78 is 16.3. The number of rotatable bonds is 8. The van der Waals surface area contributed by atoms with Gasteiger partial charge in [-0.2, -0.15) is 0 Å². The summed E-state index contributed by atoms with van der Waals surface area (Å²) in [6.45, 7) is 3.96. The number of amides is 1. The number of carbonyl (C=O) groups excluding carboxylic acids is 2. The maximum Gasteiger partial charge on any atom is 0.338 e. The number of anilines is 1. The highest BCUT2D eigenvalue weighted by atomic mass is 32.1. The number of ether oxygens (including phenoxy) is 3. The lowest BCUT2D eigenvalue weighted by atomic mass is 10.2. The van der Waals surface area contributed by atoms with E-state index in [0.717, 1.165) is 10.6 Å². The Labute approximate surface area is 178 Å². The zero-order chi connectivity index (χ0) is 21.5. The van der Waals surface area contributed by atoms with Crippen LogP contribution >= 0.6 is 11.3 Å². The summed E-state index contributed by atoms with van der Waals surface area (Å²) in [6, 6.07) is 12.1. The van der Waals surface area contributed by atoms with Crippen LogP contribution in [0.2, 0.25) is 0 Å². The Hall–Kier alpha value is -3.39. The van der Waals surface area contributed by atoms with Crippen molar-refractivity contribution < 1.29 is 23.8 Å². The molecule has 0 fully saturated rings. The molecular weight excluding hydrogens is 404 g/mol. The standard InChI is InChI=1S/C22H22N2O5S/c1-4-28-19-10-7-16(11-20(19)27-3)21-24-18(13-30-21)12-29-22(26)15-5-8-17(9-6-15)23-14(2)25/h5-11,13H,4,12H2,1-3H3,(H,23,25). The van der Waals surface area contributed by atoms with Crippen LogP contribution in [0.3, 0.4) is 0 Å². The van der Waals surface area contributed by atoms with Gasteiger partial charge in [0.05, 0.1) is 25.0 Å². The highest BCUT2D eigenvalue weighted by Crippen LogP contribution is 2.33. The highest BCUT2D eigenvalue weighted by molar-refractivity contribution is 7.13. The minimum Gasteiger partial charge on any atom is -0.493 e. The van der Waals surface area contributed by atoms with Gasteiger partial charge in [-0.25, -0.2) is 9.78 Å². The molecule has 0 radical (unpaired) electrons. The van der Waals surface area contributed by atoms with Gasteiger partial charge in [-0.05, 0) is 49.4 Å². The third-order valence-corrected chi connectivity index (χ3v) is 4.99. The van der Waals surface area contributed by atoms with Crippen molar-refractivity contribution in [2.75, 3.05) is 19.0 Å². The average Bonchev–Trinajstić information content (AvgIpc) is 3.21. The predicted octanol–water partition coefficient (Wildman–Crippen LogP) is 4.53. The van der Waals surface area contributed by atoms with Crippen molar-refractivity contribution in [1.29, 1.82) is 0 Å². The zero-order valence-electron chi connectivity index (χ0n) is 16.9. The van der Waals surface area contributed by atoms with Gasteiger partial charge in [-0.1, -0.05) is 0 Å². The number of aromatic nitrogens is 1. The second kappa shape index (κ2) is 9.89. The fraction of sp³-hybridized carbons (Fsp3) is 0.227. The van der Waals surface area contributed by atoms with Crippen molar-refractivity contribution in [3.05, 3.63) is 59.1 Å². The quantitative estimate of drug-likeness (QED) is 0.533. The zero-order valence-corrected chi connectivity index (χ0v) is 17.7.